The molecule has 1 fully saturated rings. The van der Waals surface area contributed by atoms with Gasteiger partial charge in [-0.2, -0.15) is 0 Å². The van der Waals surface area contributed by atoms with Crippen molar-refractivity contribution in [2.45, 2.75) is 19.4 Å². The van der Waals surface area contributed by atoms with Crippen molar-refractivity contribution in [3.63, 3.8) is 0 Å². The lowest BCUT2D eigenvalue weighted by molar-refractivity contribution is -0.133. The first-order chi connectivity index (χ1) is 11.7. The van der Waals surface area contributed by atoms with E-state index in [0.29, 0.717) is 6.42 Å². The summed E-state index contributed by atoms with van der Waals surface area (Å²) in [5, 5.41) is 0. The Morgan fingerprint density at radius 3 is 2.50 bits per heavy atom. The zero-order chi connectivity index (χ0) is 16.8. The Morgan fingerprint density at radius 1 is 1.12 bits per heavy atom. The SMILES string of the molecule is COc1ccc(CCC(=O)N2CCN(Cc3ccco3)CC2)cc1. The molecular weight excluding hydrogens is 304 g/mol. The maximum Gasteiger partial charge on any atom is 0.222 e. The maximum atomic E-state index is 12.4. The van der Waals surface area contributed by atoms with E-state index in [1.165, 1.54) is 5.56 Å². The molecule has 0 aliphatic carbocycles. The zero-order valence-electron chi connectivity index (χ0n) is 14.1. The number of hydrogen-bond donors (Lipinski definition) is 0. The van der Waals surface area contributed by atoms with E-state index in [-0.39, 0.29) is 5.91 Å². The van der Waals surface area contributed by atoms with Gasteiger partial charge < -0.3 is 14.1 Å². The number of rotatable bonds is 6. The minimum absolute atomic E-state index is 0.239. The van der Waals surface area contributed by atoms with Crippen LogP contribution in [0.2, 0.25) is 0 Å². The van der Waals surface area contributed by atoms with Gasteiger partial charge in [0.1, 0.15) is 11.5 Å². The van der Waals surface area contributed by atoms with E-state index < -0.39 is 0 Å². The average molecular weight is 328 g/mol. The molecule has 0 spiro atoms. The molecule has 0 saturated carbocycles. The summed E-state index contributed by atoms with van der Waals surface area (Å²) in [6.45, 7) is 4.20. The number of aryl methyl sites for hydroxylation is 1. The highest BCUT2D eigenvalue weighted by Gasteiger charge is 2.21. The van der Waals surface area contributed by atoms with Crippen LogP contribution in [0.15, 0.2) is 47.1 Å². The molecule has 0 unspecified atom stereocenters. The predicted molar refractivity (Wildman–Crippen MR) is 91.9 cm³/mol. The fourth-order valence-electron chi connectivity index (χ4n) is 2.98. The Bertz CT molecular complexity index is 629. The summed E-state index contributed by atoms with van der Waals surface area (Å²) < 4.78 is 10.5. The summed E-state index contributed by atoms with van der Waals surface area (Å²) in [5.41, 5.74) is 1.17. The molecule has 1 amide bonds. The first-order valence-electron chi connectivity index (χ1n) is 8.40. The molecule has 0 N–H and O–H groups in total. The third-order valence-electron chi connectivity index (χ3n) is 4.47. The van der Waals surface area contributed by atoms with Crippen LogP contribution in [0.25, 0.3) is 0 Å². The first-order valence-corrected chi connectivity index (χ1v) is 8.40. The minimum Gasteiger partial charge on any atom is -0.497 e. The van der Waals surface area contributed by atoms with Crippen molar-refractivity contribution < 1.29 is 13.9 Å². The average Bonchev–Trinajstić information content (AvgIpc) is 3.14. The number of carbonyl (C=O) groups excluding carboxylic acids is 1. The number of nitrogens with zero attached hydrogens (tertiary/aromatic N) is 2. The van der Waals surface area contributed by atoms with Gasteiger partial charge in [0.2, 0.25) is 5.91 Å². The highest BCUT2D eigenvalue weighted by molar-refractivity contribution is 5.76. The Hall–Kier alpha value is -2.27. The normalized spacial score (nSPS) is 15.5. The Balaban J connectivity index is 1.41. The number of furan rings is 1. The number of ether oxygens (including phenoxy) is 1. The molecule has 1 aromatic carbocycles. The van der Waals surface area contributed by atoms with Crippen molar-refractivity contribution in [1.29, 1.82) is 0 Å². The molecule has 1 saturated heterocycles. The van der Waals surface area contributed by atoms with Gasteiger partial charge in [0.15, 0.2) is 0 Å². The van der Waals surface area contributed by atoms with Gasteiger partial charge in [0.25, 0.3) is 0 Å². The number of hydrogen-bond acceptors (Lipinski definition) is 4. The van der Waals surface area contributed by atoms with E-state index in [2.05, 4.69) is 4.90 Å². The summed E-state index contributed by atoms with van der Waals surface area (Å²) in [5.74, 6) is 2.07. The molecule has 1 aromatic heterocycles. The second-order valence-corrected chi connectivity index (χ2v) is 6.08. The largest absolute Gasteiger partial charge is 0.497 e. The molecular formula is C19H24N2O3. The van der Waals surface area contributed by atoms with Crippen LogP contribution in [0.5, 0.6) is 5.75 Å². The molecule has 3 rings (SSSR count). The summed E-state index contributed by atoms with van der Waals surface area (Å²) in [4.78, 5) is 16.7. The molecule has 1 aliphatic heterocycles. The van der Waals surface area contributed by atoms with E-state index in [4.69, 9.17) is 9.15 Å². The molecule has 2 heterocycles. The van der Waals surface area contributed by atoms with Crippen LogP contribution < -0.4 is 4.74 Å². The molecule has 5 nitrogen and oxygen atoms in total. The zero-order valence-corrected chi connectivity index (χ0v) is 14.1. The van der Waals surface area contributed by atoms with Gasteiger partial charge in [-0.3, -0.25) is 9.69 Å². The standard InChI is InChI=1S/C19H24N2O3/c1-23-17-7-4-16(5-8-17)6-9-19(22)21-12-10-20(11-13-21)15-18-3-2-14-24-18/h2-5,7-8,14H,6,9-13,15H2,1H3. The smallest absolute Gasteiger partial charge is 0.222 e. The highest BCUT2D eigenvalue weighted by atomic mass is 16.5. The number of carbonyl (C=O) groups is 1. The molecule has 0 bridgehead atoms. The van der Waals surface area contributed by atoms with Crippen LogP contribution in [-0.4, -0.2) is 49.0 Å². The van der Waals surface area contributed by atoms with Crippen LogP contribution in [-0.2, 0) is 17.8 Å². The Kier molecular flexibility index (Phi) is 5.54. The highest BCUT2D eigenvalue weighted by Crippen LogP contribution is 2.14. The van der Waals surface area contributed by atoms with E-state index in [9.17, 15) is 4.79 Å². The number of methoxy groups -OCH3 is 1. The first kappa shape index (κ1) is 16.6. The third-order valence-corrected chi connectivity index (χ3v) is 4.47. The third kappa shape index (κ3) is 4.38. The second kappa shape index (κ2) is 8.02. The van der Waals surface area contributed by atoms with Gasteiger partial charge in [-0.1, -0.05) is 12.1 Å². The molecule has 24 heavy (non-hydrogen) atoms. The number of benzene rings is 1. The van der Waals surface area contributed by atoms with Gasteiger partial charge in [0.05, 0.1) is 19.9 Å². The van der Waals surface area contributed by atoms with Crippen LogP contribution >= 0.6 is 0 Å². The van der Waals surface area contributed by atoms with Gasteiger partial charge in [-0.15, -0.1) is 0 Å². The van der Waals surface area contributed by atoms with E-state index in [1.807, 2.05) is 41.3 Å². The second-order valence-electron chi connectivity index (χ2n) is 6.08. The van der Waals surface area contributed by atoms with Crippen LogP contribution in [0.3, 0.4) is 0 Å². The topological polar surface area (TPSA) is 45.9 Å². The van der Waals surface area contributed by atoms with Gasteiger partial charge >= 0.3 is 0 Å². The van der Waals surface area contributed by atoms with Crippen molar-refractivity contribution in [3.05, 3.63) is 54.0 Å². The van der Waals surface area contributed by atoms with Crippen molar-refractivity contribution in [2.75, 3.05) is 33.3 Å². The fourth-order valence-corrected chi connectivity index (χ4v) is 2.98. The lowest BCUT2D eigenvalue weighted by Crippen LogP contribution is -2.48. The van der Waals surface area contributed by atoms with Gasteiger partial charge in [-0.05, 0) is 36.2 Å². The Morgan fingerprint density at radius 2 is 1.88 bits per heavy atom. The Labute approximate surface area is 142 Å². The summed E-state index contributed by atoms with van der Waals surface area (Å²) in [6.07, 6.45) is 3.04. The van der Waals surface area contributed by atoms with Gasteiger partial charge in [-0.25, -0.2) is 0 Å². The molecule has 0 radical (unpaired) electrons. The summed E-state index contributed by atoms with van der Waals surface area (Å²) >= 11 is 0. The lowest BCUT2D eigenvalue weighted by Gasteiger charge is -2.34. The minimum atomic E-state index is 0.239. The molecule has 5 heteroatoms. The monoisotopic (exact) mass is 328 g/mol. The van der Waals surface area contributed by atoms with Crippen LogP contribution in [0, 0.1) is 0 Å². The fraction of sp³-hybridized carbons (Fsp3) is 0.421. The van der Waals surface area contributed by atoms with E-state index >= 15 is 0 Å². The summed E-state index contributed by atoms with van der Waals surface area (Å²) in [7, 11) is 1.66. The summed E-state index contributed by atoms with van der Waals surface area (Å²) in [6, 6.07) is 11.8. The molecule has 1 aliphatic rings. The van der Waals surface area contributed by atoms with Gasteiger partial charge in [0, 0.05) is 32.6 Å². The molecule has 128 valence electrons. The number of amides is 1. The van der Waals surface area contributed by atoms with Crippen molar-refractivity contribution in [1.82, 2.24) is 9.80 Å². The molecule has 0 atom stereocenters. The van der Waals surface area contributed by atoms with E-state index in [1.54, 1.807) is 13.4 Å². The van der Waals surface area contributed by atoms with Crippen LogP contribution in [0.4, 0.5) is 0 Å². The molecule has 2 aromatic rings. The maximum absolute atomic E-state index is 12.4. The van der Waals surface area contributed by atoms with E-state index in [0.717, 1.165) is 50.7 Å². The van der Waals surface area contributed by atoms with Crippen molar-refractivity contribution >= 4 is 5.91 Å². The van der Waals surface area contributed by atoms with Crippen molar-refractivity contribution in [2.24, 2.45) is 0 Å². The van der Waals surface area contributed by atoms with Crippen molar-refractivity contribution in [3.8, 4) is 5.75 Å². The quantitative estimate of drug-likeness (QED) is 0.818. The van der Waals surface area contributed by atoms with Crippen LogP contribution in [0.1, 0.15) is 17.7 Å². The lowest BCUT2D eigenvalue weighted by atomic mass is 10.1. The predicted octanol–water partition coefficient (Wildman–Crippen LogP) is 2.57. The number of piperazine rings is 1.